The summed E-state index contributed by atoms with van der Waals surface area (Å²) in [5, 5.41) is 8.28. The molecule has 7 nitrogen and oxygen atoms in total. The first kappa shape index (κ1) is 20.2. The van der Waals surface area contributed by atoms with Crippen molar-refractivity contribution in [1.82, 2.24) is 29.7 Å². The summed E-state index contributed by atoms with van der Waals surface area (Å²) in [4.78, 5) is 17.8. The monoisotopic (exact) mass is 433 g/mol. The van der Waals surface area contributed by atoms with Crippen molar-refractivity contribution in [3.05, 3.63) is 71.0 Å². The molecular weight excluding hydrogens is 412 g/mol. The number of halogens is 2. The van der Waals surface area contributed by atoms with Gasteiger partial charge in [0.15, 0.2) is 11.5 Å². The zero-order valence-corrected chi connectivity index (χ0v) is 18.2. The molecule has 1 aliphatic heterocycles. The van der Waals surface area contributed by atoms with Crippen LogP contribution in [-0.4, -0.2) is 29.7 Å². The molecule has 0 amide bonds. The lowest BCUT2D eigenvalue weighted by molar-refractivity contribution is 0.574. The zero-order chi connectivity index (χ0) is 22.8. The van der Waals surface area contributed by atoms with Crippen LogP contribution in [0.1, 0.15) is 36.5 Å². The summed E-state index contributed by atoms with van der Waals surface area (Å²) in [6.07, 6.45) is 1.51. The van der Waals surface area contributed by atoms with E-state index in [1.165, 1.54) is 29.1 Å². The Hall–Kier alpha value is -3.75. The smallest absolute Gasteiger partial charge is 0.183 e. The van der Waals surface area contributed by atoms with Crippen molar-refractivity contribution in [2.75, 3.05) is 5.32 Å². The highest BCUT2D eigenvalue weighted by Gasteiger charge is 2.37. The number of hydrogen-bond donors (Lipinski definition) is 1. The van der Waals surface area contributed by atoms with Crippen molar-refractivity contribution in [3.63, 3.8) is 0 Å². The lowest BCUT2D eigenvalue weighted by atomic mass is 9.84. The predicted octanol–water partition coefficient (Wildman–Crippen LogP) is 4.44. The minimum absolute atomic E-state index is 0.0350. The van der Waals surface area contributed by atoms with E-state index in [0.29, 0.717) is 28.4 Å². The number of nitrogens with zero attached hydrogens (tertiary/aromatic N) is 6. The quantitative estimate of drug-likeness (QED) is 0.514. The summed E-state index contributed by atoms with van der Waals surface area (Å²) in [7, 11) is 0. The van der Waals surface area contributed by atoms with E-state index in [-0.39, 0.29) is 23.3 Å². The van der Waals surface area contributed by atoms with Gasteiger partial charge in [0.2, 0.25) is 0 Å². The number of nitrogens with one attached hydrogen (secondary N) is 1. The second kappa shape index (κ2) is 6.88. The maximum Gasteiger partial charge on any atom is 0.183 e. The molecule has 4 aromatic heterocycles. The average molecular weight is 433 g/mol. The van der Waals surface area contributed by atoms with Crippen LogP contribution in [0, 0.1) is 25.5 Å². The molecule has 4 aromatic rings. The third-order valence-electron chi connectivity index (χ3n) is 5.94. The molecule has 162 valence electrons. The number of hydrogen-bond acceptors (Lipinski definition) is 6. The Morgan fingerprint density at radius 2 is 1.88 bits per heavy atom. The first-order valence-corrected chi connectivity index (χ1v) is 10.2. The number of pyridine rings is 2. The van der Waals surface area contributed by atoms with Gasteiger partial charge >= 0.3 is 0 Å². The first-order chi connectivity index (χ1) is 15.2. The Morgan fingerprint density at radius 1 is 1.09 bits per heavy atom. The summed E-state index contributed by atoms with van der Waals surface area (Å²) in [6.45, 7) is 11.7. The molecule has 1 aliphatic rings. The van der Waals surface area contributed by atoms with Crippen molar-refractivity contribution >= 4 is 16.9 Å². The van der Waals surface area contributed by atoms with E-state index >= 15 is 0 Å². The van der Waals surface area contributed by atoms with Crippen molar-refractivity contribution < 1.29 is 8.78 Å². The van der Waals surface area contributed by atoms with E-state index in [4.69, 9.17) is 0 Å². The average Bonchev–Trinajstić information content (AvgIpc) is 3.18. The topological polar surface area (TPSA) is 81.4 Å². The van der Waals surface area contributed by atoms with Gasteiger partial charge in [-0.2, -0.15) is 5.10 Å². The maximum atomic E-state index is 14.5. The Bertz CT molecular complexity index is 1420. The highest BCUT2D eigenvalue weighted by Crippen LogP contribution is 2.43. The lowest BCUT2D eigenvalue weighted by Gasteiger charge is -2.20. The number of rotatable bonds is 3. The van der Waals surface area contributed by atoms with Gasteiger partial charge < -0.3 is 5.32 Å². The molecule has 0 fully saturated rings. The molecule has 1 N–H and O–H groups in total. The third-order valence-corrected chi connectivity index (χ3v) is 5.94. The zero-order valence-electron chi connectivity index (χ0n) is 18.2. The fourth-order valence-electron chi connectivity index (χ4n) is 4.08. The Kier molecular flexibility index (Phi) is 4.34. The van der Waals surface area contributed by atoms with Gasteiger partial charge in [-0.25, -0.2) is 28.4 Å². The predicted molar refractivity (Wildman–Crippen MR) is 117 cm³/mol. The van der Waals surface area contributed by atoms with Crippen LogP contribution in [0.25, 0.3) is 22.6 Å². The second-order valence-electron chi connectivity index (χ2n) is 8.45. The maximum absolute atomic E-state index is 14.5. The molecule has 5 heterocycles. The second-order valence-corrected chi connectivity index (χ2v) is 8.45. The van der Waals surface area contributed by atoms with Crippen molar-refractivity contribution in [2.45, 2.75) is 39.7 Å². The van der Waals surface area contributed by atoms with Crippen LogP contribution >= 0.6 is 0 Å². The van der Waals surface area contributed by atoms with Crippen LogP contribution in [0.5, 0.6) is 0 Å². The molecule has 0 atom stereocenters. The molecule has 0 saturated heterocycles. The van der Waals surface area contributed by atoms with Crippen molar-refractivity contribution in [1.29, 1.82) is 0 Å². The van der Waals surface area contributed by atoms with E-state index in [0.717, 1.165) is 17.0 Å². The van der Waals surface area contributed by atoms with Gasteiger partial charge in [0, 0.05) is 28.6 Å². The highest BCUT2D eigenvalue weighted by molar-refractivity contribution is 5.90. The van der Waals surface area contributed by atoms with Crippen LogP contribution < -0.4 is 5.32 Å². The van der Waals surface area contributed by atoms with Gasteiger partial charge in [-0.05, 0) is 32.0 Å². The molecule has 0 saturated carbocycles. The number of anilines is 1. The molecule has 9 heteroatoms. The van der Waals surface area contributed by atoms with Crippen LogP contribution in [0.2, 0.25) is 0 Å². The van der Waals surface area contributed by atoms with E-state index in [9.17, 15) is 8.78 Å². The van der Waals surface area contributed by atoms with E-state index in [2.05, 4.69) is 50.8 Å². The van der Waals surface area contributed by atoms with Gasteiger partial charge in [-0.3, -0.25) is 4.98 Å². The van der Waals surface area contributed by atoms with E-state index in [1.807, 2.05) is 6.92 Å². The normalized spacial score (nSPS) is 14.6. The van der Waals surface area contributed by atoms with Crippen LogP contribution in [-0.2, 0) is 12.0 Å². The standard InChI is InChI=1S/C23H21F2N7/c1-11-16(25)9-14-19(21-27-12(2)18-20(30-21)29-13(3)23(18,4)5)31-32(22(14)28-11)10-17-15(24)7-6-8-26-17/h6-9H,3,10H2,1-2,4-5H3,(H,27,29,30). The van der Waals surface area contributed by atoms with Gasteiger partial charge in [0.1, 0.15) is 23.1 Å². The largest absolute Gasteiger partial charge is 0.343 e. The van der Waals surface area contributed by atoms with Gasteiger partial charge in [-0.1, -0.05) is 20.4 Å². The summed E-state index contributed by atoms with van der Waals surface area (Å²) in [5.74, 6) is 0.0648. The lowest BCUT2D eigenvalue weighted by Crippen LogP contribution is -2.17. The van der Waals surface area contributed by atoms with E-state index in [1.54, 1.807) is 6.92 Å². The fourth-order valence-corrected chi connectivity index (χ4v) is 4.08. The molecule has 5 rings (SSSR count). The number of aryl methyl sites for hydroxylation is 2. The van der Waals surface area contributed by atoms with Crippen LogP contribution in [0.3, 0.4) is 0 Å². The minimum atomic E-state index is -0.465. The Balaban J connectivity index is 1.71. The van der Waals surface area contributed by atoms with Gasteiger partial charge in [-0.15, -0.1) is 0 Å². The van der Waals surface area contributed by atoms with Crippen molar-refractivity contribution in [2.24, 2.45) is 0 Å². The number of fused-ring (bicyclic) bond motifs is 2. The summed E-state index contributed by atoms with van der Waals surface area (Å²) in [5.41, 5.74) is 3.45. The molecule has 0 radical (unpaired) electrons. The first-order valence-electron chi connectivity index (χ1n) is 10.2. The summed E-state index contributed by atoms with van der Waals surface area (Å²) >= 11 is 0. The Labute approximate surface area is 183 Å². The summed E-state index contributed by atoms with van der Waals surface area (Å²) in [6, 6.07) is 4.22. The molecule has 0 aromatic carbocycles. The third kappa shape index (κ3) is 2.96. The SMILES string of the molecule is C=C1Nc2nc(-c3nn(Cc4ncccc4F)c4nc(C)c(F)cc34)nc(C)c2C1(C)C. The van der Waals surface area contributed by atoms with Gasteiger partial charge in [0.25, 0.3) is 0 Å². The number of allylic oxidation sites excluding steroid dienone is 1. The van der Waals surface area contributed by atoms with Crippen molar-refractivity contribution in [3.8, 4) is 11.5 Å². The molecule has 32 heavy (non-hydrogen) atoms. The minimum Gasteiger partial charge on any atom is -0.343 e. The summed E-state index contributed by atoms with van der Waals surface area (Å²) < 4.78 is 30.2. The van der Waals surface area contributed by atoms with E-state index < -0.39 is 11.6 Å². The van der Waals surface area contributed by atoms with Gasteiger partial charge in [0.05, 0.1) is 23.3 Å². The molecular formula is C23H21F2N7. The molecule has 0 bridgehead atoms. The van der Waals surface area contributed by atoms with Crippen LogP contribution in [0.4, 0.5) is 14.6 Å². The number of aromatic nitrogens is 6. The molecule has 0 aliphatic carbocycles. The fraction of sp³-hybridized carbons (Fsp3) is 0.261. The van der Waals surface area contributed by atoms with Crippen LogP contribution in [0.15, 0.2) is 36.7 Å². The Morgan fingerprint density at radius 3 is 2.62 bits per heavy atom. The molecule has 0 unspecified atom stereocenters. The highest BCUT2D eigenvalue weighted by atomic mass is 19.1. The molecule has 0 spiro atoms.